The molecule has 3 aromatic carbocycles. The molecule has 3 aromatic rings. The van der Waals surface area contributed by atoms with Crippen LogP contribution in [0.1, 0.15) is 52.0 Å². The lowest BCUT2D eigenvalue weighted by atomic mass is 10.1. The highest BCUT2D eigenvalue weighted by Gasteiger charge is 2.18. The maximum absolute atomic E-state index is 12.8. The lowest BCUT2D eigenvalue weighted by Gasteiger charge is -2.16. The number of rotatable bonds is 8. The Hall–Kier alpha value is -4.13. The molecular formula is C28H29N3O4. The first-order chi connectivity index (χ1) is 17.0. The normalized spacial score (nSPS) is 13.5. The quantitative estimate of drug-likeness (QED) is 0.354. The van der Waals surface area contributed by atoms with E-state index in [1.807, 2.05) is 36.4 Å². The Labute approximate surface area is 205 Å². The van der Waals surface area contributed by atoms with E-state index < -0.39 is 0 Å². The van der Waals surface area contributed by atoms with Crippen molar-refractivity contribution < 1.29 is 19.1 Å². The van der Waals surface area contributed by atoms with E-state index in [-0.39, 0.29) is 17.9 Å². The molecule has 0 aromatic heterocycles. The van der Waals surface area contributed by atoms with Gasteiger partial charge in [0.2, 0.25) is 0 Å². The fourth-order valence-corrected chi connectivity index (χ4v) is 3.93. The average Bonchev–Trinajstić information content (AvgIpc) is 3.41. The van der Waals surface area contributed by atoms with Crippen LogP contribution in [0, 0.1) is 0 Å². The molecule has 0 aliphatic heterocycles. The van der Waals surface area contributed by atoms with Crippen LogP contribution in [0.4, 0.5) is 5.69 Å². The molecule has 0 atom stereocenters. The zero-order valence-corrected chi connectivity index (χ0v) is 19.9. The molecule has 180 valence electrons. The first-order valence-corrected chi connectivity index (χ1v) is 11.7. The fraction of sp³-hybridized carbons (Fsp3) is 0.250. The first-order valence-electron chi connectivity index (χ1n) is 11.7. The van der Waals surface area contributed by atoms with Crippen LogP contribution >= 0.6 is 0 Å². The molecule has 7 nitrogen and oxygen atoms in total. The fourth-order valence-electron chi connectivity index (χ4n) is 3.93. The number of nitrogens with zero attached hydrogens (tertiary/aromatic N) is 2. The van der Waals surface area contributed by atoms with Gasteiger partial charge in [0.15, 0.2) is 11.5 Å². The number of hydrogen-bond acceptors (Lipinski definition) is 5. The predicted molar refractivity (Wildman–Crippen MR) is 136 cm³/mol. The van der Waals surface area contributed by atoms with Crippen LogP contribution in [-0.4, -0.2) is 43.3 Å². The van der Waals surface area contributed by atoms with Gasteiger partial charge in [0.25, 0.3) is 11.8 Å². The van der Waals surface area contributed by atoms with Crippen molar-refractivity contribution in [1.82, 2.24) is 5.01 Å². The Kier molecular flexibility index (Phi) is 7.77. The number of ether oxygens (including phenoxy) is 2. The molecular weight excluding hydrogens is 442 g/mol. The van der Waals surface area contributed by atoms with Crippen LogP contribution in [0.2, 0.25) is 0 Å². The van der Waals surface area contributed by atoms with E-state index in [2.05, 4.69) is 10.4 Å². The number of carbonyl (C=O) groups excluding carboxylic acids is 2. The van der Waals surface area contributed by atoms with Gasteiger partial charge >= 0.3 is 0 Å². The maximum atomic E-state index is 12.8. The van der Waals surface area contributed by atoms with Crippen LogP contribution < -0.4 is 14.8 Å². The Balaban J connectivity index is 1.38. The van der Waals surface area contributed by atoms with Gasteiger partial charge in [0.1, 0.15) is 0 Å². The van der Waals surface area contributed by atoms with Crippen LogP contribution in [0.25, 0.3) is 0 Å². The maximum Gasteiger partial charge on any atom is 0.273 e. The zero-order valence-electron chi connectivity index (χ0n) is 19.9. The third-order valence-corrected chi connectivity index (χ3v) is 5.88. The Morgan fingerprint density at radius 1 is 0.943 bits per heavy atom. The summed E-state index contributed by atoms with van der Waals surface area (Å²) in [6.45, 7) is 0. The Morgan fingerprint density at radius 3 is 2.34 bits per heavy atom. The molecule has 1 saturated carbocycles. The summed E-state index contributed by atoms with van der Waals surface area (Å²) in [5.74, 6) is 0.892. The second-order valence-electron chi connectivity index (χ2n) is 8.41. The minimum atomic E-state index is -0.266. The van der Waals surface area contributed by atoms with Crippen LogP contribution in [0.15, 0.2) is 77.9 Å². The summed E-state index contributed by atoms with van der Waals surface area (Å²) in [5, 5.41) is 8.40. The van der Waals surface area contributed by atoms with Crippen LogP contribution in [-0.2, 0) is 0 Å². The number of carbonyl (C=O) groups is 2. The van der Waals surface area contributed by atoms with Gasteiger partial charge in [-0.15, -0.1) is 0 Å². The van der Waals surface area contributed by atoms with Gasteiger partial charge in [-0.1, -0.05) is 18.2 Å². The van der Waals surface area contributed by atoms with E-state index in [0.717, 1.165) is 18.4 Å². The van der Waals surface area contributed by atoms with Gasteiger partial charge in [-0.2, -0.15) is 5.10 Å². The number of methoxy groups -OCH3 is 1. The molecule has 1 N–H and O–H groups in total. The van der Waals surface area contributed by atoms with Gasteiger partial charge in [0, 0.05) is 23.9 Å². The third kappa shape index (κ3) is 6.26. The summed E-state index contributed by atoms with van der Waals surface area (Å²) in [6.07, 6.45) is 6.29. The van der Waals surface area contributed by atoms with Crippen molar-refractivity contribution in [2.24, 2.45) is 5.10 Å². The van der Waals surface area contributed by atoms with Gasteiger partial charge in [0.05, 0.1) is 19.4 Å². The molecule has 1 fully saturated rings. The SMILES string of the molecule is COc1ccc(C=NN(C)C(=O)c2ccc(NC(=O)c3ccccc3)cc2)cc1OC1CCCC1. The molecule has 0 heterocycles. The summed E-state index contributed by atoms with van der Waals surface area (Å²) in [7, 11) is 3.22. The third-order valence-electron chi connectivity index (χ3n) is 5.88. The van der Waals surface area contributed by atoms with Gasteiger partial charge < -0.3 is 14.8 Å². The van der Waals surface area contributed by atoms with Crippen molar-refractivity contribution in [2.45, 2.75) is 31.8 Å². The van der Waals surface area contributed by atoms with E-state index in [1.54, 1.807) is 56.8 Å². The predicted octanol–water partition coefficient (Wildman–Crippen LogP) is 5.38. The van der Waals surface area contributed by atoms with Crippen molar-refractivity contribution >= 4 is 23.7 Å². The minimum Gasteiger partial charge on any atom is -0.493 e. The number of amides is 2. The Bertz CT molecular complexity index is 1190. The number of anilines is 1. The monoisotopic (exact) mass is 471 g/mol. The number of benzene rings is 3. The molecule has 0 bridgehead atoms. The molecule has 1 aliphatic carbocycles. The van der Waals surface area contributed by atoms with Crippen molar-refractivity contribution in [1.29, 1.82) is 0 Å². The molecule has 0 unspecified atom stereocenters. The van der Waals surface area contributed by atoms with Crippen molar-refractivity contribution in [3.8, 4) is 11.5 Å². The molecule has 0 saturated heterocycles. The lowest BCUT2D eigenvalue weighted by Crippen LogP contribution is -2.21. The van der Waals surface area contributed by atoms with Gasteiger partial charge in [-0.3, -0.25) is 9.59 Å². The molecule has 7 heteroatoms. The van der Waals surface area contributed by atoms with E-state index in [0.29, 0.717) is 28.3 Å². The smallest absolute Gasteiger partial charge is 0.273 e. The van der Waals surface area contributed by atoms with Gasteiger partial charge in [-0.25, -0.2) is 5.01 Å². The summed E-state index contributed by atoms with van der Waals surface area (Å²) < 4.78 is 11.6. The minimum absolute atomic E-state index is 0.206. The van der Waals surface area contributed by atoms with Crippen molar-refractivity contribution in [2.75, 3.05) is 19.5 Å². The van der Waals surface area contributed by atoms with Crippen LogP contribution in [0.3, 0.4) is 0 Å². The molecule has 0 spiro atoms. The van der Waals surface area contributed by atoms with E-state index in [4.69, 9.17) is 9.47 Å². The molecule has 0 radical (unpaired) electrons. The summed E-state index contributed by atoms with van der Waals surface area (Å²) in [5.41, 5.74) is 2.44. The number of nitrogens with one attached hydrogen (secondary N) is 1. The summed E-state index contributed by atoms with van der Waals surface area (Å²) in [6, 6.07) is 21.3. The highest BCUT2D eigenvalue weighted by atomic mass is 16.5. The number of hydrogen-bond donors (Lipinski definition) is 1. The van der Waals surface area contributed by atoms with E-state index >= 15 is 0 Å². The first kappa shape index (κ1) is 24.0. The number of hydrazone groups is 1. The molecule has 35 heavy (non-hydrogen) atoms. The second kappa shape index (κ2) is 11.3. The Morgan fingerprint density at radius 2 is 1.66 bits per heavy atom. The van der Waals surface area contributed by atoms with Crippen molar-refractivity contribution in [3.63, 3.8) is 0 Å². The highest BCUT2D eigenvalue weighted by molar-refractivity contribution is 6.04. The van der Waals surface area contributed by atoms with Crippen LogP contribution in [0.5, 0.6) is 11.5 Å². The topological polar surface area (TPSA) is 80.2 Å². The van der Waals surface area contributed by atoms with Gasteiger partial charge in [-0.05, 0) is 85.8 Å². The zero-order chi connectivity index (χ0) is 24.6. The molecule has 4 rings (SSSR count). The highest BCUT2D eigenvalue weighted by Crippen LogP contribution is 2.32. The second-order valence-corrected chi connectivity index (χ2v) is 8.41. The average molecular weight is 472 g/mol. The van der Waals surface area contributed by atoms with Crippen molar-refractivity contribution in [3.05, 3.63) is 89.5 Å². The summed E-state index contributed by atoms with van der Waals surface area (Å²) in [4.78, 5) is 25.1. The standard InChI is InChI=1S/C28H29N3O4/c1-31(29-19-20-12-17-25(34-2)26(18-20)35-24-10-6-7-11-24)28(33)22-13-15-23(16-14-22)30-27(32)21-8-4-3-5-9-21/h3-5,8-9,12-19,24H,6-7,10-11H2,1-2H3,(H,30,32). The summed E-state index contributed by atoms with van der Waals surface area (Å²) >= 11 is 0. The van der Waals surface area contributed by atoms with E-state index in [1.165, 1.54) is 17.9 Å². The van der Waals surface area contributed by atoms with E-state index in [9.17, 15) is 9.59 Å². The largest absolute Gasteiger partial charge is 0.493 e. The lowest BCUT2D eigenvalue weighted by molar-refractivity contribution is 0.0800. The molecule has 2 amide bonds. The molecule has 1 aliphatic rings.